The SMILES string of the molecule is Cc1ccccc1N(C)Cc1cc(C)c(CNC(C)C)o1. The van der Waals surface area contributed by atoms with Gasteiger partial charge in [-0.2, -0.15) is 0 Å². The standard InChI is InChI=1S/C18H26N2O/c1-13(2)19-11-18-15(4)10-16(21-18)12-20(5)17-9-7-6-8-14(17)3/h6-10,13,19H,11-12H2,1-5H3. The monoisotopic (exact) mass is 286 g/mol. The number of para-hydroxylation sites is 1. The van der Waals surface area contributed by atoms with Crippen LogP contribution in [0.5, 0.6) is 0 Å². The molecular formula is C18H26N2O. The molecule has 2 rings (SSSR count). The quantitative estimate of drug-likeness (QED) is 0.869. The average Bonchev–Trinajstić information content (AvgIpc) is 2.76. The van der Waals surface area contributed by atoms with Crippen molar-refractivity contribution in [2.75, 3.05) is 11.9 Å². The lowest BCUT2D eigenvalue weighted by Gasteiger charge is -2.20. The van der Waals surface area contributed by atoms with Gasteiger partial charge in [-0.05, 0) is 37.1 Å². The Morgan fingerprint density at radius 2 is 1.86 bits per heavy atom. The first-order valence-electron chi connectivity index (χ1n) is 7.55. The summed E-state index contributed by atoms with van der Waals surface area (Å²) in [6.45, 7) is 10.1. The minimum atomic E-state index is 0.465. The second kappa shape index (κ2) is 6.81. The molecule has 0 fully saturated rings. The molecule has 3 nitrogen and oxygen atoms in total. The molecule has 0 saturated heterocycles. The minimum absolute atomic E-state index is 0.465. The van der Waals surface area contributed by atoms with Gasteiger partial charge in [-0.25, -0.2) is 0 Å². The van der Waals surface area contributed by atoms with Crippen LogP contribution in [0.1, 0.15) is 36.5 Å². The number of benzene rings is 1. The summed E-state index contributed by atoms with van der Waals surface area (Å²) < 4.78 is 5.99. The number of aryl methyl sites for hydroxylation is 2. The van der Waals surface area contributed by atoms with Gasteiger partial charge in [0.1, 0.15) is 11.5 Å². The molecule has 0 aliphatic heterocycles. The molecule has 1 N–H and O–H groups in total. The van der Waals surface area contributed by atoms with E-state index in [4.69, 9.17) is 4.42 Å². The molecule has 0 aliphatic carbocycles. The summed E-state index contributed by atoms with van der Waals surface area (Å²) >= 11 is 0. The predicted octanol–water partition coefficient (Wildman–Crippen LogP) is 4.03. The van der Waals surface area contributed by atoms with Crippen LogP contribution in [0.15, 0.2) is 34.7 Å². The van der Waals surface area contributed by atoms with Gasteiger partial charge in [0.05, 0.1) is 13.1 Å². The Hall–Kier alpha value is -1.74. The van der Waals surface area contributed by atoms with E-state index in [0.717, 1.165) is 24.6 Å². The molecule has 0 unspecified atom stereocenters. The van der Waals surface area contributed by atoms with E-state index in [9.17, 15) is 0 Å². The molecule has 3 heteroatoms. The molecule has 21 heavy (non-hydrogen) atoms. The number of nitrogens with zero attached hydrogens (tertiary/aromatic N) is 1. The zero-order chi connectivity index (χ0) is 15.4. The largest absolute Gasteiger partial charge is 0.463 e. The Labute approximate surface area is 128 Å². The van der Waals surface area contributed by atoms with Crippen LogP contribution >= 0.6 is 0 Å². The first-order chi connectivity index (χ1) is 9.97. The highest BCUT2D eigenvalue weighted by atomic mass is 16.3. The van der Waals surface area contributed by atoms with Crippen LogP contribution in [0.2, 0.25) is 0 Å². The van der Waals surface area contributed by atoms with Crippen molar-refractivity contribution in [3.8, 4) is 0 Å². The van der Waals surface area contributed by atoms with Crippen LogP contribution in [0, 0.1) is 13.8 Å². The van der Waals surface area contributed by atoms with Gasteiger partial charge < -0.3 is 14.6 Å². The Morgan fingerprint density at radius 3 is 2.52 bits per heavy atom. The molecule has 0 spiro atoms. The summed E-state index contributed by atoms with van der Waals surface area (Å²) in [6, 6.07) is 11.0. The Morgan fingerprint density at radius 1 is 1.14 bits per heavy atom. The molecule has 0 saturated carbocycles. The average molecular weight is 286 g/mol. The van der Waals surface area contributed by atoms with E-state index in [2.05, 4.69) is 75.3 Å². The smallest absolute Gasteiger partial charge is 0.123 e. The Bertz CT molecular complexity index is 587. The number of furan rings is 1. The van der Waals surface area contributed by atoms with Crippen molar-refractivity contribution in [3.05, 3.63) is 53.0 Å². The van der Waals surface area contributed by atoms with E-state index in [-0.39, 0.29) is 0 Å². The molecule has 1 heterocycles. The molecule has 1 aromatic carbocycles. The maximum Gasteiger partial charge on any atom is 0.123 e. The van der Waals surface area contributed by atoms with Crippen molar-refractivity contribution >= 4 is 5.69 Å². The summed E-state index contributed by atoms with van der Waals surface area (Å²) in [7, 11) is 2.10. The zero-order valence-electron chi connectivity index (χ0n) is 13.7. The maximum atomic E-state index is 5.99. The lowest BCUT2D eigenvalue weighted by molar-refractivity contribution is 0.432. The van der Waals surface area contributed by atoms with Crippen LogP contribution < -0.4 is 10.2 Å². The highest BCUT2D eigenvalue weighted by molar-refractivity contribution is 5.52. The van der Waals surface area contributed by atoms with Crippen LogP contribution in [0.4, 0.5) is 5.69 Å². The fourth-order valence-corrected chi connectivity index (χ4v) is 2.45. The summed E-state index contributed by atoms with van der Waals surface area (Å²) in [5, 5.41) is 3.40. The minimum Gasteiger partial charge on any atom is -0.463 e. The van der Waals surface area contributed by atoms with Gasteiger partial charge in [0, 0.05) is 18.8 Å². The zero-order valence-corrected chi connectivity index (χ0v) is 13.7. The van der Waals surface area contributed by atoms with Gasteiger partial charge in [-0.15, -0.1) is 0 Å². The van der Waals surface area contributed by atoms with Crippen molar-refractivity contribution in [2.24, 2.45) is 0 Å². The second-order valence-electron chi connectivity index (χ2n) is 6.00. The summed E-state index contributed by atoms with van der Waals surface area (Å²) in [5.41, 5.74) is 3.75. The second-order valence-corrected chi connectivity index (χ2v) is 6.00. The molecule has 114 valence electrons. The van der Waals surface area contributed by atoms with Crippen molar-refractivity contribution in [1.82, 2.24) is 5.32 Å². The fourth-order valence-electron chi connectivity index (χ4n) is 2.45. The van der Waals surface area contributed by atoms with Gasteiger partial charge in [0.2, 0.25) is 0 Å². The highest BCUT2D eigenvalue weighted by Crippen LogP contribution is 2.22. The normalized spacial score (nSPS) is 11.1. The third-order valence-electron chi connectivity index (χ3n) is 3.66. The van der Waals surface area contributed by atoms with Gasteiger partial charge in [0.15, 0.2) is 0 Å². The third-order valence-corrected chi connectivity index (χ3v) is 3.66. The Kier molecular flexibility index (Phi) is 5.07. The predicted molar refractivity (Wildman–Crippen MR) is 88.7 cm³/mol. The van der Waals surface area contributed by atoms with Gasteiger partial charge >= 0.3 is 0 Å². The summed E-state index contributed by atoms with van der Waals surface area (Å²) in [4.78, 5) is 2.23. The molecule has 0 amide bonds. The van der Waals surface area contributed by atoms with Crippen molar-refractivity contribution in [1.29, 1.82) is 0 Å². The first kappa shape index (κ1) is 15.6. The maximum absolute atomic E-state index is 5.99. The molecule has 0 bridgehead atoms. The van der Waals surface area contributed by atoms with Crippen molar-refractivity contribution in [2.45, 2.75) is 46.8 Å². The number of nitrogens with one attached hydrogen (secondary N) is 1. The number of rotatable bonds is 6. The number of anilines is 1. The van der Waals surface area contributed by atoms with Crippen LogP contribution in [0.3, 0.4) is 0 Å². The van der Waals surface area contributed by atoms with Crippen LogP contribution in [-0.2, 0) is 13.1 Å². The van der Waals surface area contributed by atoms with E-state index in [1.165, 1.54) is 16.8 Å². The highest BCUT2D eigenvalue weighted by Gasteiger charge is 2.11. The Balaban J connectivity index is 2.06. The van der Waals surface area contributed by atoms with Crippen molar-refractivity contribution in [3.63, 3.8) is 0 Å². The van der Waals surface area contributed by atoms with Gasteiger partial charge in [-0.1, -0.05) is 32.0 Å². The van der Waals surface area contributed by atoms with E-state index < -0.39 is 0 Å². The molecule has 0 atom stereocenters. The first-order valence-corrected chi connectivity index (χ1v) is 7.55. The third kappa shape index (κ3) is 4.11. The lowest BCUT2D eigenvalue weighted by atomic mass is 10.2. The summed E-state index contributed by atoms with van der Waals surface area (Å²) in [6.07, 6.45) is 0. The topological polar surface area (TPSA) is 28.4 Å². The molecule has 1 aromatic heterocycles. The van der Waals surface area contributed by atoms with E-state index in [1.807, 2.05) is 0 Å². The van der Waals surface area contributed by atoms with Crippen LogP contribution in [0.25, 0.3) is 0 Å². The van der Waals surface area contributed by atoms with Crippen LogP contribution in [-0.4, -0.2) is 13.1 Å². The number of hydrogen-bond donors (Lipinski definition) is 1. The lowest BCUT2D eigenvalue weighted by Crippen LogP contribution is -2.21. The molecule has 0 aliphatic rings. The van der Waals surface area contributed by atoms with Gasteiger partial charge in [0.25, 0.3) is 0 Å². The summed E-state index contributed by atoms with van der Waals surface area (Å²) in [5.74, 6) is 2.05. The van der Waals surface area contributed by atoms with E-state index in [1.54, 1.807) is 0 Å². The van der Waals surface area contributed by atoms with Gasteiger partial charge in [-0.3, -0.25) is 0 Å². The molecule has 2 aromatic rings. The van der Waals surface area contributed by atoms with E-state index in [0.29, 0.717) is 6.04 Å². The number of hydrogen-bond acceptors (Lipinski definition) is 3. The van der Waals surface area contributed by atoms with E-state index >= 15 is 0 Å². The fraction of sp³-hybridized carbons (Fsp3) is 0.444. The van der Waals surface area contributed by atoms with Crippen molar-refractivity contribution < 1.29 is 4.42 Å². The molecular weight excluding hydrogens is 260 g/mol. The molecule has 0 radical (unpaired) electrons.